The lowest BCUT2D eigenvalue weighted by atomic mass is 9.98. The molecule has 0 spiro atoms. The average molecular weight is 386 g/mol. The Morgan fingerprint density at radius 2 is 2.20 bits per heavy atom. The molecule has 1 fully saturated rings. The summed E-state index contributed by atoms with van der Waals surface area (Å²) in [5, 5.41) is 3.36. The second-order valence-corrected chi connectivity index (χ2v) is 6.09. The van der Waals surface area contributed by atoms with Gasteiger partial charge in [0.15, 0.2) is 0 Å². The number of halogens is 2. The van der Waals surface area contributed by atoms with Crippen molar-refractivity contribution in [2.45, 2.75) is 25.3 Å². The van der Waals surface area contributed by atoms with E-state index in [1.54, 1.807) is 12.4 Å². The first-order chi connectivity index (χ1) is 11.2. The smallest absolute Gasteiger partial charge is 0.223 e. The van der Waals surface area contributed by atoms with Gasteiger partial charge >= 0.3 is 0 Å². The van der Waals surface area contributed by atoms with E-state index < -0.39 is 0 Å². The van der Waals surface area contributed by atoms with Crippen LogP contribution in [0.15, 0.2) is 36.9 Å². The van der Waals surface area contributed by atoms with E-state index in [9.17, 15) is 4.79 Å². The molecule has 1 aliphatic heterocycles. The fourth-order valence-electron chi connectivity index (χ4n) is 3.10. The molecular weight excluding hydrogens is 361 g/mol. The summed E-state index contributed by atoms with van der Waals surface area (Å²) in [5.74, 6) is 1.27. The largest absolute Gasteiger partial charge is 0.336 e. The Kier molecular flexibility index (Phi) is 8.35. The zero-order valence-electron chi connectivity index (χ0n) is 14.5. The molecule has 138 valence electrons. The van der Waals surface area contributed by atoms with E-state index in [0.29, 0.717) is 6.42 Å². The maximum atomic E-state index is 12.8. The average Bonchev–Trinajstić information content (AvgIpc) is 3.01. The standard InChI is InChI=1S/C17H23N5O.2ClH/c1-13(14-4-3-5-18-11-14)10-16(23)22-9-6-19-12-15(22)17-20-7-8-21(17)2;;/h3-5,7-8,11,13,15,19H,6,9-10,12H2,1-2H3;2*1H. The van der Waals surface area contributed by atoms with Crippen LogP contribution in [0.3, 0.4) is 0 Å². The molecule has 1 aliphatic rings. The zero-order chi connectivity index (χ0) is 16.2. The summed E-state index contributed by atoms with van der Waals surface area (Å²) in [6.07, 6.45) is 7.79. The maximum absolute atomic E-state index is 12.8. The molecular formula is C17H25Cl2N5O. The van der Waals surface area contributed by atoms with Gasteiger partial charge in [0.2, 0.25) is 5.91 Å². The van der Waals surface area contributed by atoms with Crippen molar-refractivity contribution >= 4 is 30.7 Å². The third-order valence-corrected chi connectivity index (χ3v) is 4.45. The van der Waals surface area contributed by atoms with Crippen LogP contribution in [0.4, 0.5) is 0 Å². The lowest BCUT2D eigenvalue weighted by Gasteiger charge is -2.36. The highest BCUT2D eigenvalue weighted by Gasteiger charge is 2.31. The van der Waals surface area contributed by atoms with Crippen molar-refractivity contribution in [2.24, 2.45) is 7.05 Å². The van der Waals surface area contributed by atoms with Crippen LogP contribution in [0.1, 0.15) is 36.7 Å². The van der Waals surface area contributed by atoms with E-state index in [0.717, 1.165) is 31.0 Å². The van der Waals surface area contributed by atoms with Crippen molar-refractivity contribution in [3.05, 3.63) is 48.3 Å². The Hall–Kier alpha value is -1.63. The number of pyridine rings is 1. The second-order valence-electron chi connectivity index (χ2n) is 6.09. The number of imidazole rings is 1. The number of aryl methyl sites for hydroxylation is 1. The summed E-state index contributed by atoms with van der Waals surface area (Å²) in [7, 11) is 1.97. The molecule has 8 heteroatoms. The quantitative estimate of drug-likeness (QED) is 0.876. The van der Waals surface area contributed by atoms with E-state index in [1.807, 2.05) is 41.0 Å². The molecule has 6 nitrogen and oxygen atoms in total. The highest BCUT2D eigenvalue weighted by Crippen LogP contribution is 2.25. The number of carbonyl (C=O) groups excluding carboxylic acids is 1. The number of nitrogens with one attached hydrogen (secondary N) is 1. The van der Waals surface area contributed by atoms with Gasteiger partial charge in [0.05, 0.1) is 0 Å². The van der Waals surface area contributed by atoms with Crippen molar-refractivity contribution in [1.82, 2.24) is 24.8 Å². The number of hydrogen-bond donors (Lipinski definition) is 1. The summed E-state index contributed by atoms with van der Waals surface area (Å²) in [4.78, 5) is 23.4. The number of rotatable bonds is 4. The normalized spacial score (nSPS) is 18.0. The molecule has 3 rings (SSSR count). The minimum absolute atomic E-state index is 0. The van der Waals surface area contributed by atoms with Crippen molar-refractivity contribution in [3.63, 3.8) is 0 Å². The number of carbonyl (C=O) groups is 1. The van der Waals surface area contributed by atoms with Crippen LogP contribution in [-0.2, 0) is 11.8 Å². The molecule has 0 aromatic carbocycles. The topological polar surface area (TPSA) is 63.1 Å². The predicted molar refractivity (Wildman–Crippen MR) is 102 cm³/mol. The van der Waals surface area contributed by atoms with Gasteiger partial charge in [-0.05, 0) is 17.5 Å². The Morgan fingerprint density at radius 3 is 2.84 bits per heavy atom. The van der Waals surface area contributed by atoms with Gasteiger partial charge in [-0.3, -0.25) is 9.78 Å². The summed E-state index contributed by atoms with van der Waals surface area (Å²) < 4.78 is 1.99. The van der Waals surface area contributed by atoms with E-state index in [2.05, 4.69) is 22.2 Å². The zero-order valence-corrected chi connectivity index (χ0v) is 16.1. The number of hydrogen-bond acceptors (Lipinski definition) is 4. The lowest BCUT2D eigenvalue weighted by Crippen LogP contribution is -2.49. The molecule has 3 heterocycles. The van der Waals surface area contributed by atoms with Crippen LogP contribution in [-0.4, -0.2) is 45.0 Å². The van der Waals surface area contributed by atoms with E-state index in [4.69, 9.17) is 0 Å². The van der Waals surface area contributed by atoms with Crippen molar-refractivity contribution in [3.8, 4) is 0 Å². The second kappa shape index (κ2) is 9.75. The van der Waals surface area contributed by atoms with Gasteiger partial charge < -0.3 is 14.8 Å². The van der Waals surface area contributed by atoms with Crippen LogP contribution >= 0.6 is 24.8 Å². The number of aromatic nitrogens is 3. The van der Waals surface area contributed by atoms with Crippen molar-refractivity contribution < 1.29 is 4.79 Å². The molecule has 2 unspecified atom stereocenters. The molecule has 2 atom stereocenters. The lowest BCUT2D eigenvalue weighted by molar-refractivity contribution is -0.135. The highest BCUT2D eigenvalue weighted by atomic mass is 35.5. The van der Waals surface area contributed by atoms with Gasteiger partial charge in [-0.25, -0.2) is 4.98 Å². The minimum atomic E-state index is -0.00246. The van der Waals surface area contributed by atoms with Crippen LogP contribution < -0.4 is 5.32 Å². The molecule has 0 bridgehead atoms. The molecule has 2 aromatic heterocycles. The van der Waals surface area contributed by atoms with E-state index in [-0.39, 0.29) is 42.7 Å². The third kappa shape index (κ3) is 4.93. The first kappa shape index (κ1) is 21.4. The summed E-state index contributed by atoms with van der Waals surface area (Å²) in [6.45, 7) is 4.37. The maximum Gasteiger partial charge on any atom is 0.223 e. The Labute approximate surface area is 160 Å². The summed E-state index contributed by atoms with van der Waals surface area (Å²) in [5.41, 5.74) is 1.10. The molecule has 1 saturated heterocycles. The predicted octanol–water partition coefficient (Wildman–Crippen LogP) is 2.33. The Bertz CT molecular complexity index is 664. The van der Waals surface area contributed by atoms with Crippen LogP contribution in [0.25, 0.3) is 0 Å². The van der Waals surface area contributed by atoms with Gasteiger partial charge in [0.25, 0.3) is 0 Å². The fourth-order valence-corrected chi connectivity index (χ4v) is 3.10. The van der Waals surface area contributed by atoms with Crippen molar-refractivity contribution in [2.75, 3.05) is 19.6 Å². The molecule has 2 aromatic rings. The van der Waals surface area contributed by atoms with Gasteiger partial charge in [0, 0.05) is 57.9 Å². The monoisotopic (exact) mass is 385 g/mol. The highest BCUT2D eigenvalue weighted by molar-refractivity contribution is 5.85. The summed E-state index contributed by atoms with van der Waals surface area (Å²) >= 11 is 0. The molecule has 1 N–H and O–H groups in total. The number of nitrogens with zero attached hydrogens (tertiary/aromatic N) is 4. The summed E-state index contributed by atoms with van der Waals surface area (Å²) in [6, 6.07) is 3.94. The number of piperazine rings is 1. The van der Waals surface area contributed by atoms with Crippen LogP contribution in [0.5, 0.6) is 0 Å². The molecule has 1 amide bonds. The van der Waals surface area contributed by atoms with E-state index >= 15 is 0 Å². The first-order valence-electron chi connectivity index (χ1n) is 8.04. The molecule has 0 saturated carbocycles. The Balaban J connectivity index is 0.00000156. The van der Waals surface area contributed by atoms with Gasteiger partial charge in [-0.1, -0.05) is 13.0 Å². The number of amides is 1. The molecule has 25 heavy (non-hydrogen) atoms. The van der Waals surface area contributed by atoms with Crippen molar-refractivity contribution in [1.29, 1.82) is 0 Å². The van der Waals surface area contributed by atoms with Gasteiger partial charge in [-0.15, -0.1) is 24.8 Å². The fraction of sp³-hybridized carbons (Fsp3) is 0.471. The Morgan fingerprint density at radius 1 is 1.40 bits per heavy atom. The van der Waals surface area contributed by atoms with Crippen LogP contribution in [0, 0.1) is 0 Å². The SMILES string of the molecule is CC(CC(=O)N1CCNCC1c1nccn1C)c1cccnc1.Cl.Cl. The van der Waals surface area contributed by atoms with Gasteiger partial charge in [0.1, 0.15) is 11.9 Å². The third-order valence-electron chi connectivity index (χ3n) is 4.45. The van der Waals surface area contributed by atoms with E-state index in [1.165, 1.54) is 0 Å². The minimum Gasteiger partial charge on any atom is -0.336 e. The van der Waals surface area contributed by atoms with Crippen LogP contribution in [0.2, 0.25) is 0 Å². The van der Waals surface area contributed by atoms with Gasteiger partial charge in [-0.2, -0.15) is 0 Å². The first-order valence-corrected chi connectivity index (χ1v) is 8.04. The molecule has 0 radical (unpaired) electrons. The molecule has 0 aliphatic carbocycles.